The fraction of sp³-hybridized carbons (Fsp3) is 0.692. The molecule has 1 aromatic heterocycles. The van der Waals surface area contributed by atoms with Gasteiger partial charge in [0.15, 0.2) is 11.5 Å². The number of carbonyl (C=O) groups excluding carboxylic acids is 1. The zero-order chi connectivity index (χ0) is 14.3. The number of aromatic nitrogens is 2. The molecule has 6 nitrogen and oxygen atoms in total. The second-order valence-electron chi connectivity index (χ2n) is 4.60. The molecule has 6 heteroatoms. The number of nitrogens with one attached hydrogen (secondary N) is 2. The molecule has 0 fully saturated rings. The summed E-state index contributed by atoms with van der Waals surface area (Å²) < 4.78 is 6.89. The second-order valence-corrected chi connectivity index (χ2v) is 4.60. The molecular formula is C13H24N4O2. The van der Waals surface area contributed by atoms with E-state index in [0.717, 1.165) is 19.3 Å². The highest BCUT2D eigenvalue weighted by Crippen LogP contribution is 2.11. The zero-order valence-corrected chi connectivity index (χ0v) is 12.2. The third kappa shape index (κ3) is 4.55. The van der Waals surface area contributed by atoms with Crippen molar-refractivity contribution in [2.45, 2.75) is 32.3 Å². The topological polar surface area (TPSA) is 68.2 Å². The Labute approximate surface area is 114 Å². The molecule has 0 saturated heterocycles. The van der Waals surface area contributed by atoms with Gasteiger partial charge in [0.1, 0.15) is 0 Å². The minimum absolute atomic E-state index is 0.0934. The number of methoxy groups -OCH3 is 1. The average molecular weight is 268 g/mol. The van der Waals surface area contributed by atoms with Crippen molar-refractivity contribution in [3.63, 3.8) is 0 Å². The molecule has 108 valence electrons. The van der Waals surface area contributed by atoms with Gasteiger partial charge in [0.25, 0.3) is 5.91 Å². The lowest BCUT2D eigenvalue weighted by molar-refractivity contribution is 0.0942. The van der Waals surface area contributed by atoms with Crippen molar-refractivity contribution in [2.75, 3.05) is 26.0 Å². The third-order valence-corrected chi connectivity index (χ3v) is 3.11. The van der Waals surface area contributed by atoms with Gasteiger partial charge in [-0.25, -0.2) is 4.98 Å². The van der Waals surface area contributed by atoms with Gasteiger partial charge in [-0.3, -0.25) is 4.79 Å². The summed E-state index contributed by atoms with van der Waals surface area (Å²) in [5, 5.41) is 5.82. The van der Waals surface area contributed by atoms with Crippen molar-refractivity contribution in [3.05, 3.63) is 12.0 Å². The van der Waals surface area contributed by atoms with Crippen LogP contribution in [0.25, 0.3) is 0 Å². The molecule has 0 radical (unpaired) electrons. The molecule has 1 rings (SSSR count). The van der Waals surface area contributed by atoms with Crippen molar-refractivity contribution in [1.29, 1.82) is 0 Å². The maximum Gasteiger partial charge on any atom is 0.271 e. The second kappa shape index (κ2) is 7.78. The van der Waals surface area contributed by atoms with E-state index in [1.165, 1.54) is 0 Å². The van der Waals surface area contributed by atoms with Crippen molar-refractivity contribution >= 4 is 11.7 Å². The van der Waals surface area contributed by atoms with Gasteiger partial charge in [-0.05, 0) is 26.2 Å². The Hall–Kier alpha value is -1.56. The molecule has 0 aromatic carbocycles. The van der Waals surface area contributed by atoms with Crippen LogP contribution in [0, 0.1) is 0 Å². The number of rotatable bonds is 8. The van der Waals surface area contributed by atoms with Crippen LogP contribution in [0.15, 0.2) is 6.33 Å². The van der Waals surface area contributed by atoms with Crippen LogP contribution in [-0.2, 0) is 11.8 Å². The lowest BCUT2D eigenvalue weighted by atomic mass is 10.2. The molecule has 0 bridgehead atoms. The van der Waals surface area contributed by atoms with Gasteiger partial charge in [-0.15, -0.1) is 0 Å². The molecule has 1 heterocycles. The number of anilines is 1. The first kappa shape index (κ1) is 15.5. The SMILES string of the molecule is CNc1ncn(C)c1C(=O)NCCCCC(C)OC. The van der Waals surface area contributed by atoms with Crippen LogP contribution in [0.5, 0.6) is 0 Å². The number of amides is 1. The highest BCUT2D eigenvalue weighted by atomic mass is 16.5. The molecule has 1 amide bonds. The van der Waals surface area contributed by atoms with Gasteiger partial charge >= 0.3 is 0 Å². The predicted molar refractivity (Wildman–Crippen MR) is 75.4 cm³/mol. The van der Waals surface area contributed by atoms with E-state index in [4.69, 9.17) is 4.74 Å². The summed E-state index contributed by atoms with van der Waals surface area (Å²) in [6, 6.07) is 0. The summed E-state index contributed by atoms with van der Waals surface area (Å²) >= 11 is 0. The van der Waals surface area contributed by atoms with E-state index in [2.05, 4.69) is 15.6 Å². The number of aryl methyl sites for hydroxylation is 1. The summed E-state index contributed by atoms with van der Waals surface area (Å²) in [6.07, 6.45) is 4.91. The van der Waals surface area contributed by atoms with Gasteiger partial charge in [-0.2, -0.15) is 0 Å². The molecule has 19 heavy (non-hydrogen) atoms. The van der Waals surface area contributed by atoms with Gasteiger partial charge in [0, 0.05) is 27.7 Å². The van der Waals surface area contributed by atoms with Crippen molar-refractivity contribution in [3.8, 4) is 0 Å². The molecule has 1 unspecified atom stereocenters. The smallest absolute Gasteiger partial charge is 0.271 e. The van der Waals surface area contributed by atoms with Gasteiger partial charge < -0.3 is 19.9 Å². The maximum atomic E-state index is 12.0. The van der Waals surface area contributed by atoms with E-state index in [9.17, 15) is 4.79 Å². The van der Waals surface area contributed by atoms with Crippen LogP contribution in [0.2, 0.25) is 0 Å². The van der Waals surface area contributed by atoms with Crippen LogP contribution >= 0.6 is 0 Å². The quantitative estimate of drug-likeness (QED) is 0.699. The summed E-state index contributed by atoms with van der Waals surface area (Å²) in [4.78, 5) is 16.1. The van der Waals surface area contributed by atoms with Gasteiger partial charge in [0.2, 0.25) is 0 Å². The number of unbranched alkanes of at least 4 members (excludes halogenated alkanes) is 1. The number of imidazole rings is 1. The Morgan fingerprint density at radius 3 is 2.89 bits per heavy atom. The number of hydrogen-bond donors (Lipinski definition) is 2. The summed E-state index contributed by atoms with van der Waals surface area (Å²) in [7, 11) is 5.28. The Balaban J connectivity index is 2.33. The summed E-state index contributed by atoms with van der Waals surface area (Å²) in [5.74, 6) is 0.511. The van der Waals surface area contributed by atoms with Crippen molar-refractivity contribution in [2.24, 2.45) is 7.05 Å². The van der Waals surface area contributed by atoms with Gasteiger partial charge in [0.05, 0.1) is 12.4 Å². The molecule has 1 aromatic rings. The minimum Gasteiger partial charge on any atom is -0.382 e. The number of carbonyl (C=O) groups is 1. The monoisotopic (exact) mass is 268 g/mol. The number of ether oxygens (including phenoxy) is 1. The minimum atomic E-state index is -0.0934. The van der Waals surface area contributed by atoms with E-state index < -0.39 is 0 Å². The fourth-order valence-corrected chi connectivity index (χ4v) is 1.84. The van der Waals surface area contributed by atoms with Crippen LogP contribution in [0.3, 0.4) is 0 Å². The zero-order valence-electron chi connectivity index (χ0n) is 12.2. The lowest BCUT2D eigenvalue weighted by Gasteiger charge is -2.10. The lowest BCUT2D eigenvalue weighted by Crippen LogP contribution is -2.27. The Morgan fingerprint density at radius 2 is 2.26 bits per heavy atom. The van der Waals surface area contributed by atoms with E-state index in [1.54, 1.807) is 25.1 Å². The summed E-state index contributed by atoms with van der Waals surface area (Å²) in [6.45, 7) is 2.72. The molecular weight excluding hydrogens is 244 g/mol. The van der Waals surface area contributed by atoms with Gasteiger partial charge in [-0.1, -0.05) is 0 Å². The largest absolute Gasteiger partial charge is 0.382 e. The van der Waals surface area contributed by atoms with E-state index in [0.29, 0.717) is 18.1 Å². The molecule has 0 aliphatic rings. The highest BCUT2D eigenvalue weighted by molar-refractivity contribution is 5.97. The Morgan fingerprint density at radius 1 is 1.53 bits per heavy atom. The molecule has 1 atom stereocenters. The van der Waals surface area contributed by atoms with Crippen molar-refractivity contribution in [1.82, 2.24) is 14.9 Å². The molecule has 2 N–H and O–H groups in total. The average Bonchev–Trinajstić information content (AvgIpc) is 2.78. The van der Waals surface area contributed by atoms with Crippen LogP contribution < -0.4 is 10.6 Å². The van der Waals surface area contributed by atoms with Crippen LogP contribution in [0.1, 0.15) is 36.7 Å². The predicted octanol–water partition coefficient (Wildman–Crippen LogP) is 1.40. The van der Waals surface area contributed by atoms with E-state index in [-0.39, 0.29) is 12.0 Å². The van der Waals surface area contributed by atoms with Crippen molar-refractivity contribution < 1.29 is 9.53 Å². The molecule has 0 saturated carbocycles. The first-order chi connectivity index (χ1) is 9.10. The Kier molecular flexibility index (Phi) is 6.35. The normalized spacial score (nSPS) is 12.2. The number of hydrogen-bond acceptors (Lipinski definition) is 4. The number of nitrogens with zero attached hydrogens (tertiary/aromatic N) is 2. The standard InChI is InChI=1S/C13H24N4O2/c1-10(19-4)7-5-6-8-15-13(18)11-12(14-2)16-9-17(11)3/h9-10,14H,5-8H2,1-4H3,(H,15,18). The van der Waals surface area contributed by atoms with E-state index >= 15 is 0 Å². The van der Waals surface area contributed by atoms with E-state index in [1.807, 2.05) is 14.0 Å². The van der Waals surface area contributed by atoms with Crippen LogP contribution in [0.4, 0.5) is 5.82 Å². The third-order valence-electron chi connectivity index (χ3n) is 3.11. The summed E-state index contributed by atoms with van der Waals surface area (Å²) in [5.41, 5.74) is 0.563. The first-order valence-corrected chi connectivity index (χ1v) is 6.60. The Bertz CT molecular complexity index is 403. The molecule has 0 aliphatic carbocycles. The molecule has 0 aliphatic heterocycles. The first-order valence-electron chi connectivity index (χ1n) is 6.60. The highest BCUT2D eigenvalue weighted by Gasteiger charge is 2.15. The van der Waals surface area contributed by atoms with Crippen LogP contribution in [-0.4, -0.2) is 42.3 Å². The fourth-order valence-electron chi connectivity index (χ4n) is 1.84. The molecule has 0 spiro atoms. The maximum absolute atomic E-state index is 12.0.